The van der Waals surface area contributed by atoms with Crippen LogP contribution in [0.3, 0.4) is 0 Å². The summed E-state index contributed by atoms with van der Waals surface area (Å²) < 4.78 is 49.1. The highest BCUT2D eigenvalue weighted by molar-refractivity contribution is 5.98. The van der Waals surface area contributed by atoms with Crippen LogP contribution in [0.25, 0.3) is 0 Å². The van der Waals surface area contributed by atoms with Gasteiger partial charge in [-0.15, -0.1) is 0 Å². The zero-order valence-electron chi connectivity index (χ0n) is 28.8. The van der Waals surface area contributed by atoms with E-state index in [0.717, 1.165) is 31.6 Å². The summed E-state index contributed by atoms with van der Waals surface area (Å²) >= 11 is 0. The Morgan fingerprint density at radius 1 is 1.06 bits per heavy atom. The Balaban J connectivity index is 2.01. The molecule has 16 heteroatoms. The van der Waals surface area contributed by atoms with Gasteiger partial charge in [-0.05, 0) is 54.4 Å². The summed E-state index contributed by atoms with van der Waals surface area (Å²) in [6, 6.07) is 3.20. The number of benzene rings is 1. The van der Waals surface area contributed by atoms with E-state index in [1.54, 1.807) is 13.8 Å². The van der Waals surface area contributed by atoms with Crippen molar-refractivity contribution in [3.05, 3.63) is 59.7 Å². The van der Waals surface area contributed by atoms with Crippen molar-refractivity contribution in [1.29, 1.82) is 0 Å². The van der Waals surface area contributed by atoms with Crippen LogP contribution in [0.15, 0.2) is 42.5 Å². The monoisotopic (exact) mass is 726 g/mol. The molecular formula is C35H44F2O14. The summed E-state index contributed by atoms with van der Waals surface area (Å²) in [6.45, 7) is 12.4. The Bertz CT molecular complexity index is 1560. The van der Waals surface area contributed by atoms with Crippen molar-refractivity contribution in [3.8, 4) is 0 Å². The third-order valence-electron chi connectivity index (χ3n) is 9.43. The minimum Gasteiger partial charge on any atom is -0.479 e. The van der Waals surface area contributed by atoms with Crippen molar-refractivity contribution in [2.45, 2.75) is 108 Å². The highest BCUT2D eigenvalue weighted by Gasteiger charge is 2.85. The Morgan fingerprint density at radius 3 is 2.24 bits per heavy atom. The van der Waals surface area contributed by atoms with Gasteiger partial charge in [0.15, 0.2) is 17.7 Å². The summed E-state index contributed by atoms with van der Waals surface area (Å²) in [5, 5.41) is 53.5. The van der Waals surface area contributed by atoms with E-state index >= 15 is 0 Å². The number of halogens is 2. The molecule has 2 saturated heterocycles. The van der Waals surface area contributed by atoms with Crippen LogP contribution in [0.1, 0.15) is 65.9 Å². The number of esters is 2. The maximum Gasteiger partial charge on any atom is 0.344 e. The third-order valence-corrected chi connectivity index (χ3v) is 9.43. The second-order valence-corrected chi connectivity index (χ2v) is 13.4. The van der Waals surface area contributed by atoms with Crippen LogP contribution < -0.4 is 0 Å². The maximum atomic E-state index is 13.9. The Kier molecular flexibility index (Phi) is 12.9. The van der Waals surface area contributed by atoms with E-state index in [2.05, 4.69) is 6.58 Å². The van der Waals surface area contributed by atoms with Gasteiger partial charge in [0.05, 0.1) is 0 Å². The molecule has 2 aliphatic rings. The van der Waals surface area contributed by atoms with E-state index in [-0.39, 0.29) is 24.3 Å². The molecule has 2 bridgehead atoms. The number of hydrogen-bond acceptors (Lipinski definition) is 11. The summed E-state index contributed by atoms with van der Waals surface area (Å²) in [4.78, 5) is 62.9. The number of carboxylic acids is 3. The van der Waals surface area contributed by atoms with Crippen molar-refractivity contribution in [3.63, 3.8) is 0 Å². The van der Waals surface area contributed by atoms with Crippen LogP contribution in [0.2, 0.25) is 0 Å². The highest BCUT2D eigenvalue weighted by Crippen LogP contribution is 2.56. The molecular weight excluding hydrogens is 682 g/mol. The quantitative estimate of drug-likeness (QED) is 0.0884. The molecule has 0 saturated carbocycles. The van der Waals surface area contributed by atoms with Crippen molar-refractivity contribution in [1.82, 2.24) is 0 Å². The molecule has 282 valence electrons. The van der Waals surface area contributed by atoms with Crippen LogP contribution in [-0.2, 0) is 49.3 Å². The Morgan fingerprint density at radius 2 is 1.71 bits per heavy atom. The second-order valence-electron chi connectivity index (χ2n) is 13.4. The molecule has 0 amide bonds. The second kappa shape index (κ2) is 16.0. The van der Waals surface area contributed by atoms with Gasteiger partial charge in [0.25, 0.3) is 0 Å². The number of hydrogen-bond donors (Lipinski definition) is 5. The third kappa shape index (κ3) is 8.14. The topological polar surface area (TPSA) is 223 Å². The molecule has 2 unspecified atom stereocenters. The van der Waals surface area contributed by atoms with Gasteiger partial charge in [-0.1, -0.05) is 52.8 Å². The summed E-state index contributed by atoms with van der Waals surface area (Å²) in [5.74, 6) is -14.3. The molecule has 0 spiro atoms. The molecule has 1 aromatic rings. The van der Waals surface area contributed by atoms with Gasteiger partial charge in [-0.3, -0.25) is 4.79 Å². The van der Waals surface area contributed by atoms with E-state index in [1.165, 1.54) is 12.1 Å². The van der Waals surface area contributed by atoms with Gasteiger partial charge in [-0.2, -0.15) is 0 Å². The van der Waals surface area contributed by atoms with Crippen LogP contribution in [0.5, 0.6) is 0 Å². The summed E-state index contributed by atoms with van der Waals surface area (Å²) in [6.07, 6.45) is -6.07. The van der Waals surface area contributed by atoms with Crippen LogP contribution in [0, 0.1) is 29.4 Å². The minimum absolute atomic E-state index is 0.0469. The van der Waals surface area contributed by atoms with Crippen molar-refractivity contribution >= 4 is 29.8 Å². The molecule has 5 N–H and O–H groups in total. The normalized spacial score (nSPS) is 29.5. The number of fused-ring (bicyclic) bond motifs is 2. The van der Waals surface area contributed by atoms with E-state index < -0.39 is 95.2 Å². The van der Waals surface area contributed by atoms with Gasteiger partial charge in [0.1, 0.15) is 12.2 Å². The number of carbonyl (C=O) groups is 5. The first kappa shape index (κ1) is 41.2. The van der Waals surface area contributed by atoms with Crippen molar-refractivity contribution < 1.29 is 77.2 Å². The number of rotatable bonds is 17. The lowest BCUT2D eigenvalue weighted by Crippen LogP contribution is -2.78. The SMILES string of the molecule is C=C(CC[C@@]12O[C@H](C(=O)O)[C@@](O)(C(=O)O)[C@@](C(=O)O)(O1)[C@H](OC(=O)/C=C/C(C)CC(C)CC)[C@H]2O)[C@@H](OC(C)=O)[C@H](C)Cc1ccc(F)c(F)c1. The smallest absolute Gasteiger partial charge is 0.344 e. The van der Waals surface area contributed by atoms with Crippen molar-refractivity contribution in [2.75, 3.05) is 0 Å². The lowest BCUT2D eigenvalue weighted by Gasteiger charge is -2.48. The first-order valence-corrected chi connectivity index (χ1v) is 16.3. The zero-order chi connectivity index (χ0) is 38.6. The van der Waals surface area contributed by atoms with E-state index in [4.69, 9.17) is 18.9 Å². The lowest BCUT2D eigenvalue weighted by atomic mass is 9.74. The van der Waals surface area contributed by atoms with Gasteiger partial charge >= 0.3 is 29.8 Å². The Hall–Kier alpha value is -4.25. The summed E-state index contributed by atoms with van der Waals surface area (Å²) in [7, 11) is 0. The minimum atomic E-state index is -3.96. The number of carboxylic acid groups (broad SMARTS) is 3. The number of ether oxygens (including phenoxy) is 4. The average Bonchev–Trinajstić information content (AvgIpc) is 3.26. The van der Waals surface area contributed by atoms with Gasteiger partial charge < -0.3 is 44.5 Å². The molecule has 2 heterocycles. The largest absolute Gasteiger partial charge is 0.479 e. The fourth-order valence-electron chi connectivity index (χ4n) is 6.64. The molecule has 14 nitrogen and oxygen atoms in total. The molecule has 2 aliphatic heterocycles. The number of aliphatic carboxylic acids is 3. The molecule has 10 atom stereocenters. The predicted molar refractivity (Wildman–Crippen MR) is 171 cm³/mol. The fraction of sp³-hybridized carbons (Fsp3) is 0.571. The first-order valence-electron chi connectivity index (χ1n) is 16.3. The first-order chi connectivity index (χ1) is 23.7. The zero-order valence-corrected chi connectivity index (χ0v) is 28.8. The molecule has 51 heavy (non-hydrogen) atoms. The van der Waals surface area contributed by atoms with E-state index in [1.807, 2.05) is 13.8 Å². The van der Waals surface area contributed by atoms with Crippen LogP contribution in [0.4, 0.5) is 8.78 Å². The van der Waals surface area contributed by atoms with Crippen LogP contribution in [-0.4, -0.2) is 96.8 Å². The highest BCUT2D eigenvalue weighted by atomic mass is 19.2. The molecule has 0 aliphatic carbocycles. The number of carbonyl (C=O) groups excluding carboxylic acids is 2. The fourth-order valence-corrected chi connectivity index (χ4v) is 6.64. The number of aliphatic hydroxyl groups is 2. The number of aliphatic hydroxyl groups excluding tert-OH is 1. The Labute approximate surface area is 292 Å². The molecule has 0 radical (unpaired) electrons. The molecule has 2 fully saturated rings. The maximum absolute atomic E-state index is 13.9. The molecule has 1 aromatic carbocycles. The van der Waals surface area contributed by atoms with E-state index in [0.29, 0.717) is 17.9 Å². The van der Waals surface area contributed by atoms with Gasteiger partial charge in [0.2, 0.25) is 23.1 Å². The van der Waals surface area contributed by atoms with Gasteiger partial charge in [-0.25, -0.2) is 28.0 Å². The average molecular weight is 727 g/mol. The van der Waals surface area contributed by atoms with Crippen LogP contribution >= 0.6 is 0 Å². The predicted octanol–water partition coefficient (Wildman–Crippen LogP) is 3.16. The van der Waals surface area contributed by atoms with Gasteiger partial charge in [0, 0.05) is 25.3 Å². The van der Waals surface area contributed by atoms with E-state index in [9.17, 15) is 58.3 Å². The van der Waals surface area contributed by atoms with Crippen molar-refractivity contribution in [2.24, 2.45) is 17.8 Å². The molecule has 3 rings (SSSR count). The lowest BCUT2D eigenvalue weighted by molar-refractivity contribution is -0.374. The molecule has 0 aromatic heterocycles. The standard InChI is InChI=1S/C35H44F2O14/c1-7-17(2)14-18(3)8-11-25(39)49-28-27(40)33(50-29(30(41)42)34(47,31(43)44)35(28,51-33)32(45)46)13-12-19(4)26(48-21(6)38)20(5)15-22-9-10-23(36)24(37)16-22/h8-11,16-18,20,26-29,40,47H,4,7,12-15H2,1-3,5-6H3,(H,41,42)(H,43,44)(H,45,46)/b11-8+/t17?,18?,20-,26-,27-,28-,29-,33-,34-,35-/m1/s1. The summed E-state index contributed by atoms with van der Waals surface area (Å²) in [5.41, 5.74) is -7.16. The number of allylic oxidation sites excluding steroid dienone is 1.